The number of ether oxygens (including phenoxy) is 1. The van der Waals surface area contributed by atoms with Crippen LogP contribution >= 0.6 is 11.3 Å². The Hall–Kier alpha value is -1.76. The summed E-state index contributed by atoms with van der Waals surface area (Å²) in [5.41, 5.74) is 0.344. The van der Waals surface area contributed by atoms with Gasteiger partial charge in [-0.25, -0.2) is 4.39 Å². The number of carbonyl (C=O) groups is 1. The third kappa shape index (κ3) is 4.16. The molecule has 2 heterocycles. The minimum atomic E-state index is -0.402. The van der Waals surface area contributed by atoms with Crippen LogP contribution in [0.5, 0.6) is 0 Å². The van der Waals surface area contributed by atoms with Gasteiger partial charge in [-0.05, 0) is 29.6 Å². The van der Waals surface area contributed by atoms with Crippen molar-refractivity contribution in [2.24, 2.45) is 0 Å². The number of halogens is 1. The second kappa shape index (κ2) is 7.68. The predicted octanol–water partition coefficient (Wildman–Crippen LogP) is 2.69. The van der Waals surface area contributed by atoms with E-state index in [4.69, 9.17) is 4.74 Å². The van der Waals surface area contributed by atoms with E-state index in [-0.39, 0.29) is 11.9 Å². The first-order valence-corrected chi connectivity index (χ1v) is 8.51. The van der Waals surface area contributed by atoms with Crippen LogP contribution < -0.4 is 5.32 Å². The molecule has 2 aromatic rings. The van der Waals surface area contributed by atoms with E-state index in [1.165, 1.54) is 17.0 Å². The van der Waals surface area contributed by atoms with Crippen molar-refractivity contribution >= 4 is 17.2 Å². The van der Waals surface area contributed by atoms with Gasteiger partial charge in [-0.15, -0.1) is 11.3 Å². The van der Waals surface area contributed by atoms with Crippen LogP contribution in [0.3, 0.4) is 0 Å². The van der Waals surface area contributed by atoms with Gasteiger partial charge in [0.05, 0.1) is 19.3 Å². The van der Waals surface area contributed by atoms with Gasteiger partial charge in [0, 0.05) is 30.1 Å². The maximum Gasteiger partial charge on any atom is 0.251 e. The monoisotopic (exact) mass is 334 g/mol. The molecular formula is C17H19FN2O2S. The van der Waals surface area contributed by atoms with Gasteiger partial charge < -0.3 is 10.1 Å². The average molecular weight is 334 g/mol. The zero-order valence-corrected chi connectivity index (χ0v) is 13.5. The van der Waals surface area contributed by atoms with E-state index in [0.717, 1.165) is 13.1 Å². The maximum absolute atomic E-state index is 13.2. The summed E-state index contributed by atoms with van der Waals surface area (Å²) in [7, 11) is 0. The number of nitrogens with one attached hydrogen (secondary N) is 1. The highest BCUT2D eigenvalue weighted by Crippen LogP contribution is 2.25. The highest BCUT2D eigenvalue weighted by atomic mass is 32.1. The molecule has 3 rings (SSSR count). The minimum Gasteiger partial charge on any atom is -0.379 e. The van der Waals surface area contributed by atoms with Crippen molar-refractivity contribution < 1.29 is 13.9 Å². The number of amides is 1. The van der Waals surface area contributed by atoms with Gasteiger partial charge >= 0.3 is 0 Å². The standard InChI is InChI=1S/C17H19FN2O2S/c18-14-4-1-3-13(11-14)17(21)19-12-15(16-5-2-10-23-16)20-6-8-22-9-7-20/h1-5,10-11,15H,6-9,12H2,(H,19,21). The summed E-state index contributed by atoms with van der Waals surface area (Å²) >= 11 is 1.68. The number of benzene rings is 1. The highest BCUT2D eigenvalue weighted by Gasteiger charge is 2.24. The summed E-state index contributed by atoms with van der Waals surface area (Å²) in [6, 6.07) is 9.97. The topological polar surface area (TPSA) is 41.6 Å². The Labute approximate surface area is 138 Å². The van der Waals surface area contributed by atoms with Gasteiger partial charge in [0.2, 0.25) is 0 Å². The summed E-state index contributed by atoms with van der Waals surface area (Å²) in [6.07, 6.45) is 0. The molecule has 0 aliphatic carbocycles. The van der Waals surface area contributed by atoms with Crippen molar-refractivity contribution in [2.75, 3.05) is 32.8 Å². The van der Waals surface area contributed by atoms with E-state index in [9.17, 15) is 9.18 Å². The van der Waals surface area contributed by atoms with Crippen LogP contribution in [-0.2, 0) is 4.74 Å². The molecule has 1 amide bonds. The lowest BCUT2D eigenvalue weighted by atomic mass is 10.1. The molecular weight excluding hydrogens is 315 g/mol. The minimum absolute atomic E-state index is 0.122. The molecule has 1 saturated heterocycles. The molecule has 6 heteroatoms. The smallest absolute Gasteiger partial charge is 0.251 e. The van der Waals surface area contributed by atoms with E-state index < -0.39 is 5.82 Å². The van der Waals surface area contributed by atoms with Crippen molar-refractivity contribution in [3.8, 4) is 0 Å². The predicted molar refractivity (Wildman–Crippen MR) is 88.2 cm³/mol. The molecule has 1 unspecified atom stereocenters. The Balaban J connectivity index is 1.67. The molecule has 122 valence electrons. The van der Waals surface area contributed by atoms with Crippen molar-refractivity contribution in [3.05, 3.63) is 58.0 Å². The zero-order chi connectivity index (χ0) is 16.1. The van der Waals surface area contributed by atoms with Crippen LogP contribution in [-0.4, -0.2) is 43.7 Å². The first kappa shape index (κ1) is 16.1. The SMILES string of the molecule is O=C(NCC(c1cccs1)N1CCOCC1)c1cccc(F)c1. The number of rotatable bonds is 5. The number of thiophene rings is 1. The lowest BCUT2D eigenvalue weighted by Gasteiger charge is -2.34. The Morgan fingerprint density at radius 1 is 1.30 bits per heavy atom. The van der Waals surface area contributed by atoms with Crippen molar-refractivity contribution in [2.45, 2.75) is 6.04 Å². The molecule has 0 radical (unpaired) electrons. The summed E-state index contributed by atoms with van der Waals surface area (Å²) in [5.74, 6) is -0.653. The first-order chi connectivity index (χ1) is 11.2. The van der Waals surface area contributed by atoms with Gasteiger partial charge in [-0.3, -0.25) is 9.69 Å². The second-order valence-electron chi connectivity index (χ2n) is 5.40. The molecule has 4 nitrogen and oxygen atoms in total. The van der Waals surface area contributed by atoms with E-state index in [0.29, 0.717) is 25.3 Å². The second-order valence-corrected chi connectivity index (χ2v) is 6.38. The van der Waals surface area contributed by atoms with E-state index in [1.54, 1.807) is 23.5 Å². The quantitative estimate of drug-likeness (QED) is 0.914. The van der Waals surface area contributed by atoms with Crippen molar-refractivity contribution in [1.82, 2.24) is 10.2 Å². The van der Waals surface area contributed by atoms with Gasteiger partial charge in [-0.2, -0.15) is 0 Å². The first-order valence-electron chi connectivity index (χ1n) is 7.63. The van der Waals surface area contributed by atoms with Crippen LogP contribution in [0.4, 0.5) is 4.39 Å². The van der Waals surface area contributed by atoms with Gasteiger partial charge in [-0.1, -0.05) is 12.1 Å². The summed E-state index contributed by atoms with van der Waals surface area (Å²) in [6.45, 7) is 3.60. The number of morpholine rings is 1. The molecule has 1 fully saturated rings. The largest absolute Gasteiger partial charge is 0.379 e. The fraction of sp³-hybridized carbons (Fsp3) is 0.353. The fourth-order valence-corrected chi connectivity index (χ4v) is 3.56. The highest BCUT2D eigenvalue weighted by molar-refractivity contribution is 7.10. The molecule has 0 spiro atoms. The molecule has 0 saturated carbocycles. The van der Waals surface area contributed by atoms with E-state index >= 15 is 0 Å². The molecule has 1 atom stereocenters. The zero-order valence-electron chi connectivity index (χ0n) is 12.7. The number of hydrogen-bond donors (Lipinski definition) is 1. The molecule has 0 bridgehead atoms. The van der Waals surface area contributed by atoms with Gasteiger partial charge in [0.1, 0.15) is 5.82 Å². The van der Waals surface area contributed by atoms with Crippen LogP contribution in [0.15, 0.2) is 41.8 Å². The summed E-state index contributed by atoms with van der Waals surface area (Å²) < 4.78 is 18.6. The Morgan fingerprint density at radius 3 is 2.83 bits per heavy atom. The van der Waals surface area contributed by atoms with E-state index in [1.807, 2.05) is 11.4 Å². The van der Waals surface area contributed by atoms with Crippen LogP contribution in [0, 0.1) is 5.82 Å². The van der Waals surface area contributed by atoms with Crippen LogP contribution in [0.25, 0.3) is 0 Å². The molecule has 1 aliphatic heterocycles. The summed E-state index contributed by atoms with van der Waals surface area (Å²) in [5, 5.41) is 4.97. The number of carbonyl (C=O) groups excluding carboxylic acids is 1. The Bertz CT molecular complexity index is 642. The van der Waals surface area contributed by atoms with Crippen LogP contribution in [0.1, 0.15) is 21.3 Å². The molecule has 1 aromatic heterocycles. The molecule has 1 N–H and O–H groups in total. The Morgan fingerprint density at radius 2 is 2.13 bits per heavy atom. The molecule has 1 aromatic carbocycles. The maximum atomic E-state index is 13.2. The molecule has 23 heavy (non-hydrogen) atoms. The van der Waals surface area contributed by atoms with Crippen molar-refractivity contribution in [1.29, 1.82) is 0 Å². The number of nitrogens with zero attached hydrogens (tertiary/aromatic N) is 1. The van der Waals surface area contributed by atoms with Crippen molar-refractivity contribution in [3.63, 3.8) is 0 Å². The van der Waals surface area contributed by atoms with Crippen LogP contribution in [0.2, 0.25) is 0 Å². The number of hydrogen-bond acceptors (Lipinski definition) is 4. The van der Waals surface area contributed by atoms with Gasteiger partial charge in [0.15, 0.2) is 0 Å². The third-order valence-corrected chi connectivity index (χ3v) is 4.87. The normalized spacial score (nSPS) is 16.9. The van der Waals surface area contributed by atoms with E-state index in [2.05, 4.69) is 16.3 Å². The molecule has 1 aliphatic rings. The summed E-state index contributed by atoms with van der Waals surface area (Å²) in [4.78, 5) is 15.8. The Kier molecular flexibility index (Phi) is 5.38. The fourth-order valence-electron chi connectivity index (χ4n) is 2.70. The average Bonchev–Trinajstić information content (AvgIpc) is 3.10. The van der Waals surface area contributed by atoms with Gasteiger partial charge in [0.25, 0.3) is 5.91 Å². The lowest BCUT2D eigenvalue weighted by molar-refractivity contribution is 0.0169. The third-order valence-electron chi connectivity index (χ3n) is 3.90. The lowest BCUT2D eigenvalue weighted by Crippen LogP contribution is -2.43.